The van der Waals surface area contributed by atoms with Gasteiger partial charge in [0.15, 0.2) is 0 Å². The second-order valence-corrected chi connectivity index (χ2v) is 27.3. The Morgan fingerprint density at radius 2 is 0.533 bits per heavy atom. The van der Waals surface area contributed by atoms with Gasteiger partial charge in [-0.2, -0.15) is 0 Å². The van der Waals surface area contributed by atoms with E-state index in [-0.39, 0.29) is 12.2 Å². The summed E-state index contributed by atoms with van der Waals surface area (Å²) in [6.07, 6.45) is 42.2. The second kappa shape index (κ2) is 43.4. The zero-order chi connectivity index (χ0) is 65.5. The maximum absolute atomic E-state index is 14.5. The van der Waals surface area contributed by atoms with E-state index in [9.17, 15) is 10.2 Å². The molecule has 0 aliphatic rings. The van der Waals surface area contributed by atoms with Gasteiger partial charge in [-0.05, 0) is 147 Å². The van der Waals surface area contributed by atoms with E-state index >= 15 is 0 Å². The lowest BCUT2D eigenvalue weighted by Gasteiger charge is -2.36. The summed E-state index contributed by atoms with van der Waals surface area (Å²) in [6, 6.07) is 50.9. The van der Waals surface area contributed by atoms with Crippen molar-refractivity contribution in [2.24, 2.45) is 0 Å². The third-order valence-corrected chi connectivity index (χ3v) is 19.5. The van der Waals surface area contributed by atoms with Crippen LogP contribution in [0.1, 0.15) is 307 Å². The first-order chi connectivity index (χ1) is 45.0. The van der Waals surface area contributed by atoms with E-state index in [0.717, 1.165) is 108 Å². The number of rotatable bonds is 51. The van der Waals surface area contributed by atoms with Crippen molar-refractivity contribution in [3.8, 4) is 22.6 Å². The summed E-state index contributed by atoms with van der Waals surface area (Å²) in [5.74, 6) is 1.58. The Kier molecular flexibility index (Phi) is 35.6. The van der Waals surface area contributed by atoms with Gasteiger partial charge >= 0.3 is 0 Å². The molecule has 92 heavy (non-hydrogen) atoms. The van der Waals surface area contributed by atoms with Crippen LogP contribution in [0.3, 0.4) is 0 Å². The van der Waals surface area contributed by atoms with Gasteiger partial charge in [-0.1, -0.05) is 306 Å². The summed E-state index contributed by atoms with van der Waals surface area (Å²) in [5, 5.41) is 28.6. The Hall–Kier alpha value is -5.56. The number of unbranched alkanes of at least 4 members (excludes halogenated alkanes) is 26. The molecule has 506 valence electrons. The summed E-state index contributed by atoms with van der Waals surface area (Å²) < 4.78 is 13.1. The van der Waals surface area contributed by atoms with Crippen LogP contribution in [0.25, 0.3) is 11.1 Å². The molecule has 2 atom stereocenters. The number of aliphatic hydroxyl groups is 2. The van der Waals surface area contributed by atoms with Gasteiger partial charge in [-0.3, -0.25) is 0 Å². The van der Waals surface area contributed by atoms with Crippen molar-refractivity contribution < 1.29 is 19.7 Å². The van der Waals surface area contributed by atoms with Crippen LogP contribution in [0.2, 0.25) is 0 Å². The Bertz CT molecular complexity index is 2650. The Labute approximate surface area is 562 Å². The first kappa shape index (κ1) is 75.5. The van der Waals surface area contributed by atoms with Gasteiger partial charge in [0.25, 0.3) is 0 Å². The molecule has 6 nitrogen and oxygen atoms in total. The molecule has 2 N–H and O–H groups in total. The van der Waals surface area contributed by atoms with Gasteiger partial charge in [0, 0.05) is 48.7 Å². The molecule has 0 radical (unpaired) electrons. The van der Waals surface area contributed by atoms with Crippen LogP contribution in [-0.4, -0.2) is 48.6 Å². The molecular formula is C86H128N2O4. The highest BCUT2D eigenvalue weighted by atomic mass is 16.5. The summed E-state index contributed by atoms with van der Waals surface area (Å²) in [6.45, 7) is 22.1. The van der Waals surface area contributed by atoms with E-state index in [0.29, 0.717) is 0 Å². The molecule has 0 spiro atoms. The number of benzene rings is 6. The third kappa shape index (κ3) is 24.0. The normalized spacial score (nSPS) is 12.5. The van der Waals surface area contributed by atoms with Crippen LogP contribution in [0.4, 0.5) is 11.4 Å². The third-order valence-electron chi connectivity index (χ3n) is 19.5. The summed E-state index contributed by atoms with van der Waals surface area (Å²) >= 11 is 0. The van der Waals surface area contributed by atoms with Gasteiger partial charge in [0.1, 0.15) is 22.7 Å². The fourth-order valence-corrected chi connectivity index (χ4v) is 13.8. The number of hydrogen-bond donors (Lipinski definition) is 2. The van der Waals surface area contributed by atoms with E-state index in [1.54, 1.807) is 0 Å². The summed E-state index contributed by atoms with van der Waals surface area (Å²) in [4.78, 5) is 5.23. The number of nitrogens with zero attached hydrogens (tertiary/aromatic N) is 2. The molecule has 0 fully saturated rings. The second-order valence-electron chi connectivity index (χ2n) is 27.3. The highest BCUT2D eigenvalue weighted by Crippen LogP contribution is 2.48. The lowest BCUT2D eigenvalue weighted by atomic mass is 9.73. The molecule has 0 heterocycles. The molecule has 0 aliphatic heterocycles. The maximum Gasteiger partial charge on any atom is 0.141 e. The Balaban J connectivity index is 1.48. The molecule has 0 aliphatic carbocycles. The number of hydrogen-bond acceptors (Lipinski definition) is 6. The zero-order valence-electron chi connectivity index (χ0n) is 59.5. The van der Waals surface area contributed by atoms with Crippen molar-refractivity contribution in [1.29, 1.82) is 0 Å². The average Bonchev–Trinajstić information content (AvgIpc) is 0.739. The van der Waals surface area contributed by atoms with Crippen molar-refractivity contribution in [3.63, 3.8) is 0 Å². The standard InChI is InChI=1S/C86H128N2O4/c1-9-15-21-27-31-41-67-87(68-42-32-28-22-16-10-2)77-59-51-73(52-60-77)85(89,74-53-61-78(62-54-74)88(69-43-33-29-23-17-11-3)70-44-34-30-24-18-12-4)83-49-39-37-47-81(83)82-48-38-40-50-84(82)86(90,75-55-63-79(64-56-75)91-71(7)45-35-25-19-13-5)76-57-65-80(66-58-76)92-72(8)46-36-26-20-14-6/h37-40,47-66,71-72,89-90H,9-36,41-46,67-70H2,1-8H3/t71-,72-/m1/s1. The van der Waals surface area contributed by atoms with E-state index in [2.05, 4.69) is 156 Å². The molecule has 0 amide bonds. The molecule has 0 bridgehead atoms. The molecule has 6 aromatic rings. The van der Waals surface area contributed by atoms with Crippen LogP contribution < -0.4 is 19.3 Å². The van der Waals surface area contributed by atoms with Gasteiger partial charge in [-0.15, -0.1) is 0 Å². The van der Waals surface area contributed by atoms with Crippen LogP contribution in [0.15, 0.2) is 146 Å². The van der Waals surface area contributed by atoms with Crippen molar-refractivity contribution in [3.05, 3.63) is 179 Å². The minimum Gasteiger partial charge on any atom is -0.491 e. The first-order valence-corrected chi connectivity index (χ1v) is 37.9. The largest absolute Gasteiger partial charge is 0.491 e. The molecule has 0 unspecified atom stereocenters. The van der Waals surface area contributed by atoms with E-state index in [1.807, 2.05) is 54.6 Å². The average molecular weight is 1250 g/mol. The molecule has 0 saturated carbocycles. The maximum atomic E-state index is 14.5. The van der Waals surface area contributed by atoms with Crippen molar-refractivity contribution in [1.82, 2.24) is 0 Å². The lowest BCUT2D eigenvalue weighted by Crippen LogP contribution is -2.32. The van der Waals surface area contributed by atoms with Crippen molar-refractivity contribution in [2.45, 2.75) is 297 Å². The zero-order valence-corrected chi connectivity index (χ0v) is 59.5. The van der Waals surface area contributed by atoms with E-state index in [4.69, 9.17) is 9.47 Å². The summed E-state index contributed by atoms with van der Waals surface area (Å²) in [5.41, 5.74) is 5.45. The smallest absolute Gasteiger partial charge is 0.141 e. The minimum absolute atomic E-state index is 0.0739. The summed E-state index contributed by atoms with van der Waals surface area (Å²) in [7, 11) is 0. The highest BCUT2D eigenvalue weighted by Gasteiger charge is 2.40. The van der Waals surface area contributed by atoms with Crippen LogP contribution in [0.5, 0.6) is 11.5 Å². The first-order valence-electron chi connectivity index (χ1n) is 37.9. The van der Waals surface area contributed by atoms with Gasteiger partial charge < -0.3 is 29.5 Å². The van der Waals surface area contributed by atoms with Crippen molar-refractivity contribution >= 4 is 11.4 Å². The Morgan fingerprint density at radius 1 is 0.293 bits per heavy atom. The fourth-order valence-electron chi connectivity index (χ4n) is 13.8. The molecule has 0 aromatic heterocycles. The fraction of sp³-hybridized carbons (Fsp3) is 0.581. The SMILES string of the molecule is CCCCCCCCN(CCCCCCCC)c1ccc(C(O)(c2ccc(N(CCCCCCCC)CCCCCCCC)cc2)c2ccccc2-c2ccccc2C(O)(c2ccc(O[C@H](C)CCCCCC)cc2)c2ccc(O[C@H](C)CCCCCC)cc2)cc1. The molecule has 0 saturated heterocycles. The van der Waals surface area contributed by atoms with Crippen LogP contribution in [0, 0.1) is 0 Å². The lowest BCUT2D eigenvalue weighted by molar-refractivity contribution is 0.124. The Morgan fingerprint density at radius 3 is 0.815 bits per heavy atom. The minimum atomic E-state index is -1.63. The van der Waals surface area contributed by atoms with Gasteiger partial charge in [0.2, 0.25) is 0 Å². The molecule has 6 heteroatoms. The number of ether oxygens (including phenoxy) is 2. The predicted octanol–water partition coefficient (Wildman–Crippen LogP) is 24.5. The molecular weight excluding hydrogens is 1120 g/mol. The predicted molar refractivity (Wildman–Crippen MR) is 397 cm³/mol. The van der Waals surface area contributed by atoms with Crippen LogP contribution in [-0.2, 0) is 11.2 Å². The molecule has 6 rings (SSSR count). The molecule has 6 aromatic carbocycles. The van der Waals surface area contributed by atoms with Gasteiger partial charge in [0.05, 0.1) is 12.2 Å². The van der Waals surface area contributed by atoms with E-state index < -0.39 is 11.2 Å². The van der Waals surface area contributed by atoms with E-state index in [1.165, 1.54) is 204 Å². The van der Waals surface area contributed by atoms with Crippen LogP contribution >= 0.6 is 0 Å². The quantitative estimate of drug-likeness (QED) is 0.0293. The number of anilines is 2. The topological polar surface area (TPSA) is 65.4 Å². The monoisotopic (exact) mass is 1250 g/mol. The highest BCUT2D eigenvalue weighted by molar-refractivity contribution is 5.77. The van der Waals surface area contributed by atoms with Gasteiger partial charge in [-0.25, -0.2) is 0 Å². The van der Waals surface area contributed by atoms with Crippen molar-refractivity contribution in [2.75, 3.05) is 36.0 Å².